The number of benzene rings is 1. The maximum absolute atomic E-state index is 4.65. The minimum Gasteiger partial charge on any atom is -0.349 e. The second kappa shape index (κ2) is 5.69. The quantitative estimate of drug-likeness (QED) is 0.610. The van der Waals surface area contributed by atoms with Crippen LogP contribution in [0.1, 0.15) is 5.56 Å². The van der Waals surface area contributed by atoms with E-state index in [-0.39, 0.29) is 0 Å². The van der Waals surface area contributed by atoms with Crippen molar-refractivity contribution in [2.24, 2.45) is 4.99 Å². The molecule has 0 bridgehead atoms. The predicted octanol–water partition coefficient (Wildman–Crippen LogP) is 2.21. The van der Waals surface area contributed by atoms with Crippen molar-refractivity contribution in [3.8, 4) is 0 Å². The van der Waals surface area contributed by atoms with Crippen molar-refractivity contribution < 1.29 is 0 Å². The topological polar surface area (TPSA) is 31.7 Å². The number of pyridine rings is 1. The highest BCUT2D eigenvalue weighted by Gasteiger charge is 2.04. The molecule has 0 radical (unpaired) electrons. The minimum absolute atomic E-state index is 0.677. The van der Waals surface area contributed by atoms with Crippen molar-refractivity contribution in [1.29, 1.82) is 0 Å². The van der Waals surface area contributed by atoms with Gasteiger partial charge < -0.3 is 9.80 Å². The van der Waals surface area contributed by atoms with Crippen molar-refractivity contribution >= 4 is 16.9 Å². The number of aromatic nitrogens is 1. The van der Waals surface area contributed by atoms with E-state index in [0.717, 1.165) is 16.9 Å². The average Bonchev–Trinajstić information content (AvgIpc) is 2.38. The molecule has 1 aromatic carbocycles. The standard InChI is InChI=1S/C15H20N4/c1-18(2)15(19(3)4)17-11-12-7-8-14-13(10-12)6-5-9-16-14/h5-10H,11H2,1-4H3. The Kier molecular flexibility index (Phi) is 4.00. The van der Waals surface area contributed by atoms with Crippen molar-refractivity contribution in [3.05, 3.63) is 42.1 Å². The molecule has 1 aromatic heterocycles. The number of guanidine groups is 1. The molecule has 4 heteroatoms. The lowest BCUT2D eigenvalue weighted by Gasteiger charge is -2.22. The van der Waals surface area contributed by atoms with E-state index in [1.54, 1.807) is 0 Å². The molecule has 1 heterocycles. The van der Waals surface area contributed by atoms with Gasteiger partial charge in [-0.05, 0) is 23.8 Å². The fraction of sp³-hybridized carbons (Fsp3) is 0.333. The largest absolute Gasteiger partial charge is 0.349 e. The lowest BCUT2D eigenvalue weighted by Crippen LogP contribution is -2.35. The Morgan fingerprint density at radius 3 is 2.53 bits per heavy atom. The molecule has 4 nitrogen and oxygen atoms in total. The molecule has 0 N–H and O–H groups in total. The third kappa shape index (κ3) is 3.22. The van der Waals surface area contributed by atoms with Crippen LogP contribution in [0.3, 0.4) is 0 Å². The number of aliphatic imine (C=N–C) groups is 1. The van der Waals surface area contributed by atoms with Crippen molar-refractivity contribution in [1.82, 2.24) is 14.8 Å². The van der Waals surface area contributed by atoms with E-state index in [0.29, 0.717) is 6.54 Å². The van der Waals surface area contributed by atoms with Crippen molar-refractivity contribution in [2.75, 3.05) is 28.2 Å². The molecule has 0 aliphatic carbocycles. The van der Waals surface area contributed by atoms with Crippen LogP contribution in [0.15, 0.2) is 41.5 Å². The molecule has 0 unspecified atom stereocenters. The monoisotopic (exact) mass is 256 g/mol. The first-order valence-electron chi connectivity index (χ1n) is 6.30. The molecule has 100 valence electrons. The maximum atomic E-state index is 4.65. The van der Waals surface area contributed by atoms with E-state index >= 15 is 0 Å². The van der Waals surface area contributed by atoms with Gasteiger partial charge in [-0.15, -0.1) is 0 Å². The summed E-state index contributed by atoms with van der Waals surface area (Å²) in [6.45, 7) is 0.677. The third-order valence-electron chi connectivity index (χ3n) is 2.87. The number of nitrogens with zero attached hydrogens (tertiary/aromatic N) is 4. The van der Waals surface area contributed by atoms with Gasteiger partial charge in [0.2, 0.25) is 0 Å². The summed E-state index contributed by atoms with van der Waals surface area (Å²) in [6, 6.07) is 10.3. The highest BCUT2D eigenvalue weighted by Crippen LogP contribution is 2.14. The lowest BCUT2D eigenvalue weighted by molar-refractivity contribution is 0.479. The molecule has 2 aromatic rings. The van der Waals surface area contributed by atoms with E-state index in [1.807, 2.05) is 56.3 Å². The molecule has 0 aliphatic rings. The zero-order valence-electron chi connectivity index (χ0n) is 12.0. The van der Waals surface area contributed by atoms with Crippen LogP contribution in [0, 0.1) is 0 Å². The lowest BCUT2D eigenvalue weighted by atomic mass is 10.1. The van der Waals surface area contributed by atoms with E-state index in [1.165, 1.54) is 5.56 Å². The second-order valence-corrected chi connectivity index (χ2v) is 4.94. The van der Waals surface area contributed by atoms with Gasteiger partial charge in [-0.25, -0.2) is 4.99 Å². The van der Waals surface area contributed by atoms with Gasteiger partial charge in [0.05, 0.1) is 12.1 Å². The first kappa shape index (κ1) is 13.3. The molecular formula is C15H20N4. The smallest absolute Gasteiger partial charge is 0.195 e. The minimum atomic E-state index is 0.677. The van der Waals surface area contributed by atoms with Gasteiger partial charge in [0.15, 0.2) is 5.96 Å². The maximum Gasteiger partial charge on any atom is 0.195 e. The number of hydrogen-bond donors (Lipinski definition) is 0. The van der Waals surface area contributed by atoms with Gasteiger partial charge in [0.1, 0.15) is 0 Å². The summed E-state index contributed by atoms with van der Waals surface area (Å²) < 4.78 is 0. The van der Waals surface area contributed by atoms with Crippen LogP contribution in [0.4, 0.5) is 0 Å². The number of rotatable bonds is 2. The summed E-state index contributed by atoms with van der Waals surface area (Å²) in [7, 11) is 8.01. The molecular weight excluding hydrogens is 236 g/mol. The fourth-order valence-corrected chi connectivity index (χ4v) is 2.07. The Morgan fingerprint density at radius 1 is 1.11 bits per heavy atom. The van der Waals surface area contributed by atoms with Crippen molar-refractivity contribution in [3.63, 3.8) is 0 Å². The van der Waals surface area contributed by atoms with Crippen LogP contribution in [0.2, 0.25) is 0 Å². The zero-order valence-corrected chi connectivity index (χ0v) is 12.0. The van der Waals surface area contributed by atoms with Crippen LogP contribution >= 0.6 is 0 Å². The Balaban J connectivity index is 2.23. The molecule has 0 spiro atoms. The first-order chi connectivity index (χ1) is 9.08. The van der Waals surface area contributed by atoms with E-state index in [2.05, 4.69) is 28.2 Å². The molecule has 0 saturated heterocycles. The second-order valence-electron chi connectivity index (χ2n) is 4.94. The van der Waals surface area contributed by atoms with Gasteiger partial charge in [-0.1, -0.05) is 12.1 Å². The summed E-state index contributed by atoms with van der Waals surface area (Å²) >= 11 is 0. The molecule has 0 fully saturated rings. The Bertz CT molecular complexity index is 577. The molecule has 0 aliphatic heterocycles. The van der Waals surface area contributed by atoms with Gasteiger partial charge in [-0.3, -0.25) is 4.98 Å². The summed E-state index contributed by atoms with van der Waals surface area (Å²) in [4.78, 5) is 13.0. The van der Waals surface area contributed by atoms with E-state index < -0.39 is 0 Å². The number of hydrogen-bond acceptors (Lipinski definition) is 2. The molecule has 0 saturated carbocycles. The molecule has 0 amide bonds. The highest BCUT2D eigenvalue weighted by atomic mass is 15.3. The molecule has 19 heavy (non-hydrogen) atoms. The number of fused-ring (bicyclic) bond motifs is 1. The SMILES string of the molecule is CN(C)C(=NCc1ccc2ncccc2c1)N(C)C. The molecule has 0 atom stereocenters. The van der Waals surface area contributed by atoms with E-state index in [9.17, 15) is 0 Å². The van der Waals surface area contributed by atoms with Crippen LogP contribution in [-0.4, -0.2) is 48.9 Å². The highest BCUT2D eigenvalue weighted by molar-refractivity contribution is 5.80. The van der Waals surface area contributed by atoms with Gasteiger partial charge in [0, 0.05) is 39.8 Å². The normalized spacial score (nSPS) is 10.3. The Hall–Kier alpha value is -2.10. The molecule has 2 rings (SSSR count). The van der Waals surface area contributed by atoms with Gasteiger partial charge in [0.25, 0.3) is 0 Å². The Labute approximate surface area is 114 Å². The third-order valence-corrected chi connectivity index (χ3v) is 2.87. The van der Waals surface area contributed by atoms with Crippen LogP contribution in [0.5, 0.6) is 0 Å². The zero-order chi connectivity index (χ0) is 13.8. The average molecular weight is 256 g/mol. The van der Waals surface area contributed by atoms with Crippen LogP contribution in [0.25, 0.3) is 10.9 Å². The van der Waals surface area contributed by atoms with Crippen LogP contribution < -0.4 is 0 Å². The first-order valence-corrected chi connectivity index (χ1v) is 6.30. The summed E-state index contributed by atoms with van der Waals surface area (Å²) in [5.41, 5.74) is 2.22. The predicted molar refractivity (Wildman–Crippen MR) is 80.3 cm³/mol. The van der Waals surface area contributed by atoms with Gasteiger partial charge in [-0.2, -0.15) is 0 Å². The Morgan fingerprint density at radius 2 is 1.84 bits per heavy atom. The van der Waals surface area contributed by atoms with Crippen molar-refractivity contribution in [2.45, 2.75) is 6.54 Å². The fourth-order valence-electron chi connectivity index (χ4n) is 2.07. The summed E-state index contributed by atoms with van der Waals surface area (Å²) in [5.74, 6) is 0.964. The summed E-state index contributed by atoms with van der Waals surface area (Å²) in [6.07, 6.45) is 1.82. The van der Waals surface area contributed by atoms with Crippen LogP contribution in [-0.2, 0) is 6.54 Å². The van der Waals surface area contributed by atoms with Gasteiger partial charge >= 0.3 is 0 Å². The summed E-state index contributed by atoms with van der Waals surface area (Å²) in [5, 5.41) is 1.16. The van der Waals surface area contributed by atoms with E-state index in [4.69, 9.17) is 0 Å².